The Hall–Kier alpha value is -3.22. The van der Waals surface area contributed by atoms with Crippen LogP contribution in [0.5, 0.6) is 17.2 Å². The summed E-state index contributed by atoms with van der Waals surface area (Å²) in [5.41, 5.74) is 1.65. The van der Waals surface area contributed by atoms with E-state index in [9.17, 15) is 9.59 Å². The molecule has 7 heteroatoms. The third-order valence-electron chi connectivity index (χ3n) is 5.29. The number of amides is 2. The van der Waals surface area contributed by atoms with Crippen molar-refractivity contribution in [1.29, 1.82) is 0 Å². The van der Waals surface area contributed by atoms with E-state index in [0.717, 1.165) is 17.0 Å². The van der Waals surface area contributed by atoms with Gasteiger partial charge in [-0.2, -0.15) is 0 Å². The molecule has 2 aromatic rings. The largest absolute Gasteiger partial charge is 0.496 e. The highest BCUT2D eigenvalue weighted by Crippen LogP contribution is 2.36. The molecule has 2 aliphatic heterocycles. The van der Waals surface area contributed by atoms with E-state index < -0.39 is 0 Å². The highest BCUT2D eigenvalue weighted by molar-refractivity contribution is 6.00. The van der Waals surface area contributed by atoms with Gasteiger partial charge in [0.15, 0.2) is 11.5 Å². The fourth-order valence-corrected chi connectivity index (χ4v) is 3.80. The van der Waals surface area contributed by atoms with Crippen LogP contribution in [0.3, 0.4) is 0 Å². The molecular weight excluding hydrogens is 372 g/mol. The van der Waals surface area contributed by atoms with E-state index in [1.165, 1.54) is 0 Å². The molecule has 29 heavy (non-hydrogen) atoms. The molecule has 2 heterocycles. The van der Waals surface area contributed by atoms with Crippen LogP contribution in [0.25, 0.3) is 0 Å². The summed E-state index contributed by atoms with van der Waals surface area (Å²) in [5, 5.41) is 0. The van der Waals surface area contributed by atoms with Crippen molar-refractivity contribution in [3.05, 3.63) is 48.0 Å². The Morgan fingerprint density at radius 1 is 1.17 bits per heavy atom. The van der Waals surface area contributed by atoms with Gasteiger partial charge in [0.2, 0.25) is 11.8 Å². The number of para-hydroxylation sites is 1. The molecule has 4 rings (SSSR count). The van der Waals surface area contributed by atoms with E-state index in [2.05, 4.69) is 0 Å². The van der Waals surface area contributed by atoms with Gasteiger partial charge < -0.3 is 24.0 Å². The number of hydrogen-bond acceptors (Lipinski definition) is 5. The van der Waals surface area contributed by atoms with Crippen molar-refractivity contribution in [2.45, 2.75) is 13.0 Å². The van der Waals surface area contributed by atoms with Crippen LogP contribution in [0, 0.1) is 5.92 Å². The summed E-state index contributed by atoms with van der Waals surface area (Å²) < 4.78 is 16.5. The van der Waals surface area contributed by atoms with Crippen LogP contribution in [0.2, 0.25) is 0 Å². The number of carbonyl (C=O) groups excluding carboxylic acids is 2. The molecule has 1 saturated heterocycles. The molecule has 2 amide bonds. The number of methoxy groups -OCH3 is 1. The average molecular weight is 396 g/mol. The molecule has 0 unspecified atom stereocenters. The summed E-state index contributed by atoms with van der Waals surface area (Å²) in [5.74, 6) is 1.55. The number of hydrogen-bond donors (Lipinski definition) is 0. The van der Waals surface area contributed by atoms with Gasteiger partial charge in [0.25, 0.3) is 0 Å². The second-order valence-electron chi connectivity index (χ2n) is 7.24. The van der Waals surface area contributed by atoms with Crippen LogP contribution in [-0.4, -0.2) is 50.6 Å². The van der Waals surface area contributed by atoms with Crippen molar-refractivity contribution < 1.29 is 23.8 Å². The van der Waals surface area contributed by atoms with Crippen LogP contribution in [0.15, 0.2) is 42.5 Å². The molecule has 2 aliphatic rings. The van der Waals surface area contributed by atoms with E-state index in [0.29, 0.717) is 37.8 Å². The Morgan fingerprint density at radius 2 is 1.93 bits per heavy atom. The van der Waals surface area contributed by atoms with Crippen molar-refractivity contribution >= 4 is 17.5 Å². The minimum Gasteiger partial charge on any atom is -0.496 e. The lowest BCUT2D eigenvalue weighted by molar-refractivity contribution is -0.135. The molecular formula is C22H24N2O5. The molecule has 0 aliphatic carbocycles. The molecule has 0 N–H and O–H groups in total. The van der Waals surface area contributed by atoms with E-state index >= 15 is 0 Å². The van der Waals surface area contributed by atoms with E-state index in [1.54, 1.807) is 36.1 Å². The smallest absolute Gasteiger partial charge is 0.228 e. The normalized spacial score (nSPS) is 17.9. The van der Waals surface area contributed by atoms with Crippen LogP contribution < -0.4 is 19.1 Å². The number of anilines is 1. The van der Waals surface area contributed by atoms with Gasteiger partial charge in [-0.15, -0.1) is 0 Å². The molecule has 0 aromatic heterocycles. The first-order valence-electron chi connectivity index (χ1n) is 9.63. The highest BCUT2D eigenvalue weighted by atomic mass is 16.6. The second-order valence-corrected chi connectivity index (χ2v) is 7.24. The Morgan fingerprint density at radius 3 is 2.72 bits per heavy atom. The Bertz CT molecular complexity index is 929. The summed E-state index contributed by atoms with van der Waals surface area (Å²) in [6.45, 7) is 1.79. The summed E-state index contributed by atoms with van der Waals surface area (Å²) in [4.78, 5) is 28.9. The van der Waals surface area contributed by atoms with Crippen molar-refractivity contribution in [2.24, 2.45) is 5.92 Å². The SMILES string of the molecule is COc1ccccc1CN(C)C(=O)[C@H]1CC(=O)N(c2ccc3c(c2)OCCO3)C1. The third kappa shape index (κ3) is 3.85. The monoisotopic (exact) mass is 396 g/mol. The molecule has 0 radical (unpaired) electrons. The zero-order valence-corrected chi connectivity index (χ0v) is 16.6. The van der Waals surface area contributed by atoms with Crippen molar-refractivity contribution in [3.63, 3.8) is 0 Å². The fourth-order valence-electron chi connectivity index (χ4n) is 3.80. The maximum absolute atomic E-state index is 13.0. The standard InChI is InChI=1S/C22H24N2O5/c1-23(13-15-5-3-4-6-18(15)27-2)22(26)16-11-21(25)24(14-16)17-7-8-19-20(12-17)29-10-9-28-19/h3-8,12,16H,9-11,13-14H2,1-2H3/t16-/m0/s1. The lowest BCUT2D eigenvalue weighted by Gasteiger charge is -2.23. The maximum Gasteiger partial charge on any atom is 0.228 e. The minimum atomic E-state index is -0.379. The molecule has 0 bridgehead atoms. The van der Waals surface area contributed by atoms with Crippen molar-refractivity contribution in [3.8, 4) is 17.2 Å². The molecule has 1 atom stereocenters. The van der Waals surface area contributed by atoms with E-state index in [-0.39, 0.29) is 24.2 Å². The van der Waals surface area contributed by atoms with Crippen LogP contribution in [-0.2, 0) is 16.1 Å². The Kier molecular flexibility index (Phi) is 5.29. The van der Waals surface area contributed by atoms with Crippen molar-refractivity contribution in [1.82, 2.24) is 4.90 Å². The van der Waals surface area contributed by atoms with E-state index in [1.807, 2.05) is 30.3 Å². The van der Waals surface area contributed by atoms with Crippen LogP contribution >= 0.6 is 0 Å². The van der Waals surface area contributed by atoms with Gasteiger partial charge in [-0.05, 0) is 18.2 Å². The predicted octanol–water partition coefficient (Wildman–Crippen LogP) is 2.48. The summed E-state index contributed by atoms with van der Waals surface area (Å²) in [7, 11) is 3.37. The fraction of sp³-hybridized carbons (Fsp3) is 0.364. The van der Waals surface area contributed by atoms with Gasteiger partial charge in [0.05, 0.1) is 13.0 Å². The summed E-state index contributed by atoms with van der Waals surface area (Å²) >= 11 is 0. The molecule has 0 spiro atoms. The lowest BCUT2D eigenvalue weighted by atomic mass is 10.1. The molecule has 7 nitrogen and oxygen atoms in total. The number of rotatable bonds is 5. The van der Waals surface area contributed by atoms with Crippen LogP contribution in [0.4, 0.5) is 5.69 Å². The van der Waals surface area contributed by atoms with Gasteiger partial charge >= 0.3 is 0 Å². The number of fused-ring (bicyclic) bond motifs is 1. The quantitative estimate of drug-likeness (QED) is 0.777. The second kappa shape index (κ2) is 8.03. The van der Waals surface area contributed by atoms with Gasteiger partial charge in [0.1, 0.15) is 19.0 Å². The third-order valence-corrected chi connectivity index (χ3v) is 5.29. The van der Waals surface area contributed by atoms with E-state index in [4.69, 9.17) is 14.2 Å². The number of nitrogens with zero attached hydrogens (tertiary/aromatic N) is 2. The van der Waals surface area contributed by atoms with Gasteiger partial charge in [-0.1, -0.05) is 18.2 Å². The lowest BCUT2D eigenvalue weighted by Crippen LogP contribution is -2.34. The molecule has 1 fully saturated rings. The van der Waals surface area contributed by atoms with Gasteiger partial charge in [0, 0.05) is 43.9 Å². The molecule has 2 aromatic carbocycles. The first kappa shape index (κ1) is 19.1. The summed E-state index contributed by atoms with van der Waals surface area (Å²) in [6.07, 6.45) is 0.198. The number of benzene rings is 2. The topological polar surface area (TPSA) is 68.3 Å². The number of carbonyl (C=O) groups is 2. The zero-order valence-electron chi connectivity index (χ0n) is 16.6. The predicted molar refractivity (Wildman–Crippen MR) is 107 cm³/mol. The van der Waals surface area contributed by atoms with Crippen LogP contribution in [0.1, 0.15) is 12.0 Å². The zero-order chi connectivity index (χ0) is 20.4. The van der Waals surface area contributed by atoms with Gasteiger partial charge in [-0.3, -0.25) is 9.59 Å². The number of ether oxygens (including phenoxy) is 3. The molecule has 0 saturated carbocycles. The summed E-state index contributed by atoms with van der Waals surface area (Å²) in [6, 6.07) is 13.1. The average Bonchev–Trinajstić information content (AvgIpc) is 3.14. The Labute approximate surface area is 169 Å². The minimum absolute atomic E-state index is 0.0516. The maximum atomic E-state index is 13.0. The van der Waals surface area contributed by atoms with Gasteiger partial charge in [-0.25, -0.2) is 0 Å². The highest BCUT2D eigenvalue weighted by Gasteiger charge is 2.37. The first-order chi connectivity index (χ1) is 14.1. The molecule has 152 valence electrons. The van der Waals surface area contributed by atoms with Crippen molar-refractivity contribution in [2.75, 3.05) is 38.8 Å². The Balaban J connectivity index is 1.45. The first-order valence-corrected chi connectivity index (χ1v) is 9.63.